The molecule has 0 aromatic heterocycles. The number of rotatable bonds is 66. The Morgan fingerprint density at radius 3 is 0.952 bits per heavy atom. The number of carbonyl (C=O) groups is 2. The van der Waals surface area contributed by atoms with Gasteiger partial charge in [0, 0.05) is 12.8 Å². The lowest BCUT2D eigenvalue weighted by Crippen LogP contribution is -2.37. The normalized spacial score (nSPS) is 13.5. The second kappa shape index (κ2) is 64.9. The number of nitrogens with zero attached hydrogens (tertiary/aromatic N) is 1. The van der Waals surface area contributed by atoms with Crippen LogP contribution < -0.4 is 0 Å². The Hall–Kier alpha value is -2.55. The van der Waals surface area contributed by atoms with Crippen LogP contribution in [-0.4, -0.2) is 74.9 Å². The lowest BCUT2D eigenvalue weighted by atomic mass is 10.0. The zero-order valence-electron chi connectivity index (χ0n) is 55.9. The Morgan fingerprint density at radius 1 is 0.369 bits per heavy atom. The van der Waals surface area contributed by atoms with E-state index in [4.69, 9.17) is 18.5 Å². The number of hydrogen-bond donors (Lipinski definition) is 1. The van der Waals surface area contributed by atoms with Gasteiger partial charge in [0.05, 0.1) is 27.7 Å². The van der Waals surface area contributed by atoms with Crippen LogP contribution in [0.5, 0.6) is 0 Å². The van der Waals surface area contributed by atoms with Gasteiger partial charge < -0.3 is 18.9 Å². The molecule has 0 aromatic carbocycles. The molecule has 0 aliphatic heterocycles. The van der Waals surface area contributed by atoms with Crippen LogP contribution in [0.1, 0.15) is 335 Å². The van der Waals surface area contributed by atoms with Gasteiger partial charge in [0.2, 0.25) is 0 Å². The van der Waals surface area contributed by atoms with Crippen LogP contribution in [0.3, 0.4) is 0 Å². The van der Waals surface area contributed by atoms with Crippen LogP contribution in [-0.2, 0) is 32.7 Å². The molecule has 0 saturated heterocycles. The summed E-state index contributed by atoms with van der Waals surface area (Å²) in [5, 5.41) is 0. The monoisotopic (exact) mass is 1200 g/mol. The molecule has 0 rings (SSSR count). The highest BCUT2D eigenvalue weighted by Crippen LogP contribution is 2.43. The second-order valence-corrected chi connectivity index (χ2v) is 26.7. The van der Waals surface area contributed by atoms with Crippen molar-refractivity contribution in [3.63, 3.8) is 0 Å². The molecule has 2 unspecified atom stereocenters. The minimum Gasteiger partial charge on any atom is -0.462 e. The standard InChI is InChI=1S/C74H136NO8P/c1-6-8-10-12-14-16-18-20-22-24-26-28-29-30-31-32-33-34-35-36-37-38-39-40-41-42-43-44-45-47-49-51-53-55-57-59-61-63-65-67-74(77)83-72(71-82-84(78,79)81-69-68-75(3,4)5)70-80-73(76)66-64-62-60-58-56-54-52-50-48-46-27-25-23-21-19-17-15-13-11-9-7-2/h18-21,24-27,29-30,48,50,72H,6-17,22-23,28,31-47,49,51-71H2,1-5H3/p+1/b20-18-,21-19-,26-24-,27-25-,30-29-,50-48-. The Balaban J connectivity index is 3.96. The molecule has 0 aliphatic rings. The number of phosphoric acid groups is 1. The van der Waals surface area contributed by atoms with E-state index in [0.29, 0.717) is 17.4 Å². The average Bonchev–Trinajstić information content (AvgIpc) is 3.61. The first kappa shape index (κ1) is 81.5. The highest BCUT2D eigenvalue weighted by Gasteiger charge is 2.27. The molecule has 0 bridgehead atoms. The van der Waals surface area contributed by atoms with Gasteiger partial charge in [-0.25, -0.2) is 4.57 Å². The molecular formula is C74H137NO8P+. The first-order chi connectivity index (χ1) is 41.0. The Bertz CT molecular complexity index is 1650. The van der Waals surface area contributed by atoms with Crippen molar-refractivity contribution < 1.29 is 42.1 Å². The predicted octanol–water partition coefficient (Wildman–Crippen LogP) is 23.2. The maximum atomic E-state index is 12.9. The molecule has 0 heterocycles. The number of unbranched alkanes of at least 4 members (excludes halogenated alkanes) is 40. The summed E-state index contributed by atoms with van der Waals surface area (Å²) in [6.45, 7) is 4.43. The number of likely N-dealkylation sites (N-methyl/N-ethyl adjacent to an activating group) is 1. The number of ether oxygens (including phenoxy) is 2. The first-order valence-electron chi connectivity index (χ1n) is 35.7. The molecule has 0 aromatic rings. The zero-order valence-corrected chi connectivity index (χ0v) is 56.8. The minimum atomic E-state index is -4.40. The number of hydrogen-bond acceptors (Lipinski definition) is 7. The topological polar surface area (TPSA) is 108 Å². The smallest absolute Gasteiger partial charge is 0.462 e. The summed E-state index contributed by atoms with van der Waals surface area (Å²) in [4.78, 5) is 35.8. The van der Waals surface area contributed by atoms with Crippen molar-refractivity contribution in [1.82, 2.24) is 0 Å². The number of carbonyl (C=O) groups excluding carboxylic acids is 2. The molecule has 9 nitrogen and oxygen atoms in total. The summed E-state index contributed by atoms with van der Waals surface area (Å²) < 4.78 is 34.7. The van der Waals surface area contributed by atoms with Crippen LogP contribution >= 0.6 is 7.82 Å². The highest BCUT2D eigenvalue weighted by atomic mass is 31.2. The van der Waals surface area contributed by atoms with Gasteiger partial charge in [-0.2, -0.15) is 0 Å². The summed E-state index contributed by atoms with van der Waals surface area (Å²) in [5.74, 6) is -0.800. The summed E-state index contributed by atoms with van der Waals surface area (Å²) in [5.41, 5.74) is 0. The van der Waals surface area contributed by atoms with E-state index in [-0.39, 0.29) is 32.0 Å². The van der Waals surface area contributed by atoms with E-state index in [9.17, 15) is 19.0 Å². The first-order valence-corrected chi connectivity index (χ1v) is 37.2. The SMILES string of the molecule is CCCCCCC/C=C\C/C=C\C/C=C\CCCCCCCCCCCCCCCCCCCCCCCCCCC(=O)OC(COC(=O)CCCCCCCC/C=C\C/C=C\C/C=C\CCCCCCC)COP(=O)(O)OCC[N+](C)(C)C. The minimum absolute atomic E-state index is 0.0289. The lowest BCUT2D eigenvalue weighted by Gasteiger charge is -2.24. The molecule has 0 amide bonds. The fourth-order valence-corrected chi connectivity index (χ4v) is 11.0. The van der Waals surface area contributed by atoms with Gasteiger partial charge in [-0.1, -0.05) is 305 Å². The number of allylic oxidation sites excluding steroid dienone is 12. The summed E-state index contributed by atoms with van der Waals surface area (Å²) in [7, 11) is 1.48. The molecule has 0 aliphatic carbocycles. The number of phosphoric ester groups is 1. The quantitative estimate of drug-likeness (QED) is 0.0211. The van der Waals surface area contributed by atoms with Crippen LogP contribution in [0, 0.1) is 0 Å². The molecule has 1 N–H and O–H groups in total. The van der Waals surface area contributed by atoms with E-state index in [1.54, 1.807) is 0 Å². The molecule has 10 heteroatoms. The van der Waals surface area contributed by atoms with Crippen molar-refractivity contribution in [3.05, 3.63) is 72.9 Å². The van der Waals surface area contributed by atoms with Gasteiger partial charge in [-0.3, -0.25) is 18.6 Å². The van der Waals surface area contributed by atoms with Crippen molar-refractivity contribution in [2.24, 2.45) is 0 Å². The zero-order chi connectivity index (χ0) is 61.2. The Labute approximate surface area is 520 Å². The molecule has 0 fully saturated rings. The molecule has 2 atom stereocenters. The fraction of sp³-hybridized carbons (Fsp3) is 0.811. The van der Waals surface area contributed by atoms with Gasteiger partial charge in [-0.05, 0) is 89.9 Å². The molecule has 0 radical (unpaired) electrons. The van der Waals surface area contributed by atoms with Crippen molar-refractivity contribution >= 4 is 19.8 Å². The fourth-order valence-electron chi connectivity index (χ4n) is 10.2. The van der Waals surface area contributed by atoms with Crippen LogP contribution in [0.15, 0.2) is 72.9 Å². The molecular weight excluding hydrogens is 1060 g/mol. The van der Waals surface area contributed by atoms with Crippen LogP contribution in [0.25, 0.3) is 0 Å². The second-order valence-electron chi connectivity index (χ2n) is 25.3. The van der Waals surface area contributed by atoms with Gasteiger partial charge in [-0.15, -0.1) is 0 Å². The van der Waals surface area contributed by atoms with Crippen molar-refractivity contribution in [1.29, 1.82) is 0 Å². The summed E-state index contributed by atoms with van der Waals surface area (Å²) in [6, 6.07) is 0. The molecule has 490 valence electrons. The third-order valence-corrected chi connectivity index (χ3v) is 16.7. The number of esters is 2. The van der Waals surface area contributed by atoms with E-state index in [2.05, 4.69) is 86.8 Å². The Morgan fingerprint density at radius 2 is 0.643 bits per heavy atom. The van der Waals surface area contributed by atoms with Gasteiger partial charge in [0.15, 0.2) is 6.10 Å². The third kappa shape index (κ3) is 68.6. The number of quaternary nitrogens is 1. The van der Waals surface area contributed by atoms with E-state index in [1.807, 2.05) is 21.1 Å². The van der Waals surface area contributed by atoms with Gasteiger partial charge >= 0.3 is 19.8 Å². The van der Waals surface area contributed by atoms with Crippen molar-refractivity contribution in [2.45, 2.75) is 341 Å². The van der Waals surface area contributed by atoms with Gasteiger partial charge in [0.25, 0.3) is 0 Å². The molecule has 0 saturated carbocycles. The maximum Gasteiger partial charge on any atom is 0.472 e. The third-order valence-electron chi connectivity index (χ3n) is 15.7. The highest BCUT2D eigenvalue weighted by molar-refractivity contribution is 7.47. The summed E-state index contributed by atoms with van der Waals surface area (Å²) in [6.07, 6.45) is 87.3. The van der Waals surface area contributed by atoms with Gasteiger partial charge in [0.1, 0.15) is 19.8 Å². The van der Waals surface area contributed by atoms with E-state index in [0.717, 1.165) is 70.6 Å². The van der Waals surface area contributed by atoms with Crippen LogP contribution in [0.4, 0.5) is 0 Å². The lowest BCUT2D eigenvalue weighted by molar-refractivity contribution is -0.870. The van der Waals surface area contributed by atoms with E-state index in [1.165, 1.54) is 231 Å². The Kier molecular flexibility index (Phi) is 62.9. The molecule has 84 heavy (non-hydrogen) atoms. The van der Waals surface area contributed by atoms with Crippen LogP contribution in [0.2, 0.25) is 0 Å². The van der Waals surface area contributed by atoms with Crippen molar-refractivity contribution in [3.8, 4) is 0 Å². The summed E-state index contributed by atoms with van der Waals surface area (Å²) >= 11 is 0. The van der Waals surface area contributed by atoms with Crippen molar-refractivity contribution in [2.75, 3.05) is 47.5 Å². The van der Waals surface area contributed by atoms with E-state index >= 15 is 0 Å². The maximum absolute atomic E-state index is 12.9. The predicted molar refractivity (Wildman–Crippen MR) is 363 cm³/mol. The average molecular weight is 1200 g/mol. The molecule has 0 spiro atoms. The van der Waals surface area contributed by atoms with E-state index < -0.39 is 26.5 Å². The largest absolute Gasteiger partial charge is 0.472 e.